The van der Waals surface area contributed by atoms with E-state index < -0.39 is 0 Å². The van der Waals surface area contributed by atoms with E-state index in [-0.39, 0.29) is 10.8 Å². The van der Waals surface area contributed by atoms with Crippen LogP contribution in [0.1, 0.15) is 52.7 Å². The number of aromatic amines is 2. The minimum absolute atomic E-state index is 0.0865. The summed E-state index contributed by atoms with van der Waals surface area (Å²) in [4.78, 5) is 7.72. The van der Waals surface area contributed by atoms with Crippen LogP contribution in [0.25, 0.3) is 66.1 Å². The summed E-state index contributed by atoms with van der Waals surface area (Å²) in [6.07, 6.45) is 4.01. The molecule has 4 aromatic heterocycles. The largest absolute Gasteiger partial charge is 0.491 e. The Kier molecular flexibility index (Phi) is 9.05. The molecule has 0 atom stereocenters. The van der Waals surface area contributed by atoms with Gasteiger partial charge in [0.15, 0.2) is 0 Å². The maximum atomic E-state index is 5.94. The summed E-state index contributed by atoms with van der Waals surface area (Å²) in [5.74, 6) is 1.45. The van der Waals surface area contributed by atoms with Crippen LogP contribution in [0.3, 0.4) is 0 Å². The Labute approximate surface area is 325 Å². The highest BCUT2D eigenvalue weighted by Gasteiger charge is 2.24. The molecule has 288 valence electrons. The first-order valence-electron chi connectivity index (χ1n) is 19.4. The van der Waals surface area contributed by atoms with Crippen molar-refractivity contribution in [3.63, 3.8) is 0 Å². The van der Waals surface area contributed by atoms with Crippen molar-refractivity contribution in [3.8, 4) is 34.0 Å². The SMILES string of the molecule is CC(C)(C)c1cc2c3[nH]c4c(ccc5c6cc(C(C)(C)C)cc(c6[nH]c54)-c4cn(nn4)CCOCCOc4cccc(c4)OCCOCCn4cc-2nn4)c3c1. The third-order valence-electron chi connectivity index (χ3n) is 10.7. The monoisotopic (exact) mass is 752 g/mol. The van der Waals surface area contributed by atoms with Gasteiger partial charge in [-0.15, -0.1) is 10.2 Å². The summed E-state index contributed by atoms with van der Waals surface area (Å²) >= 11 is 0. The normalized spacial score (nSPS) is 15.2. The molecular formula is C44H48N8O4. The highest BCUT2D eigenvalue weighted by molar-refractivity contribution is 6.24. The smallest absolute Gasteiger partial charge is 0.123 e. The molecule has 2 N–H and O–H groups in total. The maximum Gasteiger partial charge on any atom is 0.123 e. The summed E-state index contributed by atoms with van der Waals surface area (Å²) in [7, 11) is 0. The molecule has 0 unspecified atom stereocenters. The molecule has 0 saturated carbocycles. The van der Waals surface area contributed by atoms with Gasteiger partial charge in [0.1, 0.15) is 36.1 Å². The predicted molar refractivity (Wildman–Crippen MR) is 220 cm³/mol. The molecular weight excluding hydrogens is 705 g/mol. The molecule has 4 aromatic carbocycles. The Hall–Kier alpha value is -5.72. The van der Waals surface area contributed by atoms with Crippen LogP contribution in [0.5, 0.6) is 11.5 Å². The number of hydrogen-bond acceptors (Lipinski definition) is 8. The molecule has 0 fully saturated rings. The lowest BCUT2D eigenvalue weighted by molar-refractivity contribution is 0.0901. The number of benzene rings is 4. The first-order chi connectivity index (χ1) is 27.0. The molecule has 0 aliphatic carbocycles. The molecule has 9 rings (SSSR count). The number of hydrogen-bond donors (Lipinski definition) is 2. The average Bonchev–Trinajstić information content (AvgIpc) is 3.98. The molecule has 5 heterocycles. The molecule has 0 radical (unpaired) electrons. The predicted octanol–water partition coefficient (Wildman–Crippen LogP) is 8.57. The van der Waals surface area contributed by atoms with Gasteiger partial charge in [-0.25, -0.2) is 9.36 Å². The first-order valence-corrected chi connectivity index (χ1v) is 19.4. The zero-order valence-corrected chi connectivity index (χ0v) is 32.9. The van der Waals surface area contributed by atoms with Crippen molar-refractivity contribution in [1.29, 1.82) is 0 Å². The fourth-order valence-corrected chi connectivity index (χ4v) is 7.48. The second-order valence-electron chi connectivity index (χ2n) is 16.7. The van der Waals surface area contributed by atoms with Crippen molar-refractivity contribution in [2.24, 2.45) is 0 Å². The van der Waals surface area contributed by atoms with Crippen molar-refractivity contribution in [1.82, 2.24) is 40.0 Å². The Bertz CT molecular complexity index is 2520. The molecule has 0 spiro atoms. The number of fused-ring (bicyclic) bond motifs is 10. The van der Waals surface area contributed by atoms with Gasteiger partial charge in [0.05, 0.1) is 74.0 Å². The van der Waals surface area contributed by atoms with Gasteiger partial charge in [0.2, 0.25) is 0 Å². The molecule has 0 saturated heterocycles. The lowest BCUT2D eigenvalue weighted by Gasteiger charge is -2.20. The van der Waals surface area contributed by atoms with E-state index >= 15 is 0 Å². The Morgan fingerprint density at radius 2 is 0.982 bits per heavy atom. The van der Waals surface area contributed by atoms with E-state index in [4.69, 9.17) is 18.9 Å². The quantitative estimate of drug-likeness (QED) is 0.158. The van der Waals surface area contributed by atoms with E-state index in [2.05, 4.69) is 109 Å². The van der Waals surface area contributed by atoms with Gasteiger partial charge in [-0.05, 0) is 58.4 Å². The topological polar surface area (TPSA) is 130 Å². The standard InChI is InChI=1S/C44H48N8O4/c1-43(2,3)27-20-33-31-10-11-32-34-21-28(44(4,5)6)23-36-38-26-52(50-48-38)13-15-54-17-19-56-30-9-7-8-29(24-30)55-18-16-53-14-12-51-25-37(47-49-51)35(22-27)39(33)45-41(31)42(32)46-40(34)36/h7-11,20-26,45-46H,12-19H2,1-6H3. The van der Waals surface area contributed by atoms with Gasteiger partial charge in [0.25, 0.3) is 0 Å². The number of rotatable bonds is 0. The summed E-state index contributed by atoms with van der Waals surface area (Å²) in [5.41, 5.74) is 10.1. The van der Waals surface area contributed by atoms with Crippen molar-refractivity contribution >= 4 is 43.6 Å². The molecule has 12 nitrogen and oxygen atoms in total. The second kappa shape index (κ2) is 14.1. The van der Waals surface area contributed by atoms with E-state index in [0.717, 1.165) is 77.6 Å². The first kappa shape index (κ1) is 35.9. The minimum atomic E-state index is -0.0865. The zero-order valence-electron chi connectivity index (χ0n) is 32.9. The minimum Gasteiger partial charge on any atom is -0.491 e. The van der Waals surface area contributed by atoms with Crippen LogP contribution in [0.4, 0.5) is 0 Å². The van der Waals surface area contributed by atoms with Crippen molar-refractivity contribution in [2.45, 2.75) is 65.5 Å². The van der Waals surface area contributed by atoms with Crippen LogP contribution in [-0.4, -0.2) is 79.6 Å². The summed E-state index contributed by atoms with van der Waals surface area (Å²) < 4.78 is 27.4. The zero-order chi connectivity index (χ0) is 38.6. The molecule has 8 aromatic rings. The number of nitrogens with zero attached hydrogens (tertiary/aromatic N) is 6. The highest BCUT2D eigenvalue weighted by atomic mass is 16.5. The van der Waals surface area contributed by atoms with Crippen LogP contribution >= 0.6 is 0 Å². The van der Waals surface area contributed by atoms with E-state index in [1.165, 1.54) is 11.1 Å². The van der Waals surface area contributed by atoms with Gasteiger partial charge < -0.3 is 28.9 Å². The number of aromatic nitrogens is 8. The van der Waals surface area contributed by atoms with Crippen molar-refractivity contribution in [2.75, 3.05) is 39.6 Å². The van der Waals surface area contributed by atoms with Crippen molar-refractivity contribution in [3.05, 3.63) is 84.2 Å². The number of ether oxygens (including phenoxy) is 4. The summed E-state index contributed by atoms with van der Waals surface area (Å²) in [6, 6.07) is 21.3. The van der Waals surface area contributed by atoms with Crippen molar-refractivity contribution < 1.29 is 18.9 Å². The van der Waals surface area contributed by atoms with Crippen LogP contribution in [-0.2, 0) is 33.4 Å². The lowest BCUT2D eigenvalue weighted by atomic mass is 9.84. The molecule has 56 heavy (non-hydrogen) atoms. The summed E-state index contributed by atoms with van der Waals surface area (Å²) in [5, 5.41) is 22.9. The third kappa shape index (κ3) is 6.88. The average molecular weight is 753 g/mol. The van der Waals surface area contributed by atoms with E-state index in [1.807, 2.05) is 46.0 Å². The lowest BCUT2D eigenvalue weighted by Crippen LogP contribution is -2.12. The van der Waals surface area contributed by atoms with Gasteiger partial charge in [-0.1, -0.05) is 70.2 Å². The molecule has 1 aliphatic heterocycles. The Morgan fingerprint density at radius 3 is 1.43 bits per heavy atom. The molecule has 12 heteroatoms. The second-order valence-corrected chi connectivity index (χ2v) is 16.7. The Morgan fingerprint density at radius 1 is 0.518 bits per heavy atom. The van der Waals surface area contributed by atoms with Crippen LogP contribution in [0.2, 0.25) is 0 Å². The van der Waals surface area contributed by atoms with Crippen LogP contribution in [0, 0.1) is 0 Å². The number of nitrogens with one attached hydrogen (secondary N) is 2. The van der Waals surface area contributed by atoms with Gasteiger partial charge in [-0.3, -0.25) is 0 Å². The number of H-pyrrole nitrogens is 2. The van der Waals surface area contributed by atoms with E-state index in [0.29, 0.717) is 52.7 Å². The van der Waals surface area contributed by atoms with Gasteiger partial charge in [-0.2, -0.15) is 0 Å². The third-order valence-corrected chi connectivity index (χ3v) is 10.7. The van der Waals surface area contributed by atoms with Crippen LogP contribution in [0.15, 0.2) is 73.1 Å². The molecule has 0 amide bonds. The van der Waals surface area contributed by atoms with E-state index in [1.54, 1.807) is 0 Å². The van der Waals surface area contributed by atoms with E-state index in [9.17, 15) is 0 Å². The fourth-order valence-electron chi connectivity index (χ4n) is 7.48. The van der Waals surface area contributed by atoms with Crippen LogP contribution < -0.4 is 9.47 Å². The molecule has 10 bridgehead atoms. The maximum absolute atomic E-state index is 5.94. The van der Waals surface area contributed by atoms with Gasteiger partial charge in [0, 0.05) is 38.7 Å². The van der Waals surface area contributed by atoms with Gasteiger partial charge >= 0.3 is 0 Å². The Balaban J connectivity index is 1.17. The fraction of sp³-hybridized carbons (Fsp3) is 0.364. The highest BCUT2D eigenvalue weighted by Crippen LogP contribution is 2.43. The molecule has 1 aliphatic rings. The summed E-state index contributed by atoms with van der Waals surface area (Å²) in [6.45, 7) is 17.3.